The first kappa shape index (κ1) is 15.7. The number of rotatable bonds is 4. The summed E-state index contributed by atoms with van der Waals surface area (Å²) in [6.07, 6.45) is 2.05. The third-order valence-corrected chi connectivity index (χ3v) is 5.08. The molecule has 1 aromatic carbocycles. The highest BCUT2D eigenvalue weighted by Gasteiger charge is 2.12. The van der Waals surface area contributed by atoms with Gasteiger partial charge in [-0.2, -0.15) is 0 Å². The van der Waals surface area contributed by atoms with Crippen molar-refractivity contribution in [3.63, 3.8) is 0 Å². The lowest BCUT2D eigenvalue weighted by atomic mass is 10.1. The van der Waals surface area contributed by atoms with E-state index < -0.39 is 0 Å². The molecule has 0 fully saturated rings. The van der Waals surface area contributed by atoms with Gasteiger partial charge in [-0.25, -0.2) is 9.97 Å². The van der Waals surface area contributed by atoms with Crippen molar-refractivity contribution in [1.82, 2.24) is 9.97 Å². The minimum absolute atomic E-state index is 0.786. The van der Waals surface area contributed by atoms with Crippen LogP contribution < -0.4 is 5.32 Å². The predicted octanol–water partition coefficient (Wildman–Crippen LogP) is 4.81. The van der Waals surface area contributed by atoms with Crippen LogP contribution >= 0.6 is 38.5 Å². The van der Waals surface area contributed by atoms with E-state index in [1.165, 1.54) is 5.56 Å². The van der Waals surface area contributed by atoms with Crippen LogP contribution in [0.2, 0.25) is 0 Å². The molecule has 0 radical (unpaired) electrons. The van der Waals surface area contributed by atoms with E-state index in [2.05, 4.69) is 74.8 Å². The van der Waals surface area contributed by atoms with Gasteiger partial charge in [-0.15, -0.1) is 0 Å². The molecule has 1 N–H and O–H groups in total. The normalized spacial score (nSPS) is 10.7. The summed E-state index contributed by atoms with van der Waals surface area (Å²) in [5, 5.41) is 3.16. The van der Waals surface area contributed by atoms with Crippen LogP contribution in [0.3, 0.4) is 0 Å². The summed E-state index contributed by atoms with van der Waals surface area (Å²) in [7, 11) is 1.90. The number of aryl methyl sites for hydroxylation is 2. The Morgan fingerprint density at radius 3 is 2.65 bits per heavy atom. The van der Waals surface area contributed by atoms with Gasteiger partial charge in [0.1, 0.15) is 5.82 Å². The first-order valence-electron chi connectivity index (χ1n) is 6.57. The molecule has 0 aliphatic heterocycles. The maximum Gasteiger partial charge on any atom is 0.161 e. The molecule has 0 spiro atoms. The summed E-state index contributed by atoms with van der Waals surface area (Å²) in [6.45, 7) is 4.24. The van der Waals surface area contributed by atoms with Crippen molar-refractivity contribution in [3.8, 4) is 11.4 Å². The molecule has 20 heavy (non-hydrogen) atoms. The van der Waals surface area contributed by atoms with E-state index >= 15 is 0 Å². The standard InChI is InChI=1S/C15H17BrIN3/c1-4-5-12-13(17)15(18-3)20-14(19-12)10-6-7-11(16)9(2)8-10/h6-8H,4-5H2,1-3H3,(H,18,19,20). The minimum Gasteiger partial charge on any atom is -0.372 e. The highest BCUT2D eigenvalue weighted by atomic mass is 127. The smallest absolute Gasteiger partial charge is 0.161 e. The molecular weight excluding hydrogens is 429 g/mol. The van der Waals surface area contributed by atoms with Crippen molar-refractivity contribution in [1.29, 1.82) is 0 Å². The first-order chi connectivity index (χ1) is 9.56. The van der Waals surface area contributed by atoms with Crippen LogP contribution in [0.4, 0.5) is 5.82 Å². The van der Waals surface area contributed by atoms with E-state index in [0.717, 1.165) is 43.8 Å². The molecule has 3 nitrogen and oxygen atoms in total. The Bertz CT molecular complexity index is 629. The lowest BCUT2D eigenvalue weighted by Gasteiger charge is -2.11. The Kier molecular flexibility index (Phi) is 5.37. The van der Waals surface area contributed by atoms with Crippen molar-refractivity contribution >= 4 is 44.3 Å². The third-order valence-electron chi connectivity index (χ3n) is 3.06. The highest BCUT2D eigenvalue weighted by Crippen LogP contribution is 2.27. The molecular formula is C15H17BrIN3. The van der Waals surface area contributed by atoms with E-state index in [1.807, 2.05) is 13.1 Å². The Labute approximate surface area is 141 Å². The number of anilines is 1. The maximum absolute atomic E-state index is 4.74. The fourth-order valence-electron chi connectivity index (χ4n) is 1.97. The molecule has 106 valence electrons. The second kappa shape index (κ2) is 6.85. The summed E-state index contributed by atoms with van der Waals surface area (Å²) < 4.78 is 2.22. The number of benzene rings is 1. The molecule has 1 heterocycles. The van der Waals surface area contributed by atoms with Gasteiger partial charge in [-0.3, -0.25) is 0 Å². The molecule has 1 aromatic heterocycles. The first-order valence-corrected chi connectivity index (χ1v) is 8.44. The number of hydrogen-bond acceptors (Lipinski definition) is 3. The topological polar surface area (TPSA) is 37.8 Å². The van der Waals surface area contributed by atoms with Gasteiger partial charge < -0.3 is 5.32 Å². The third kappa shape index (κ3) is 3.31. The quantitative estimate of drug-likeness (QED) is 0.686. The van der Waals surface area contributed by atoms with E-state index in [-0.39, 0.29) is 0 Å². The molecule has 0 bridgehead atoms. The van der Waals surface area contributed by atoms with Crippen molar-refractivity contribution in [2.45, 2.75) is 26.7 Å². The van der Waals surface area contributed by atoms with Gasteiger partial charge in [0.25, 0.3) is 0 Å². The van der Waals surface area contributed by atoms with Gasteiger partial charge in [-0.05, 0) is 53.6 Å². The van der Waals surface area contributed by atoms with E-state index in [0.29, 0.717) is 0 Å². The minimum atomic E-state index is 0.786. The highest BCUT2D eigenvalue weighted by molar-refractivity contribution is 14.1. The lowest BCUT2D eigenvalue weighted by Crippen LogP contribution is -2.05. The molecule has 0 amide bonds. The Morgan fingerprint density at radius 2 is 2.05 bits per heavy atom. The molecule has 2 rings (SSSR count). The number of aromatic nitrogens is 2. The summed E-state index contributed by atoms with van der Waals surface area (Å²) in [4.78, 5) is 9.37. The average Bonchev–Trinajstić information content (AvgIpc) is 2.44. The predicted molar refractivity (Wildman–Crippen MR) is 96.2 cm³/mol. The zero-order valence-corrected chi connectivity index (χ0v) is 15.5. The second-order valence-electron chi connectivity index (χ2n) is 4.62. The van der Waals surface area contributed by atoms with Crippen LogP contribution in [0.25, 0.3) is 11.4 Å². The van der Waals surface area contributed by atoms with Crippen molar-refractivity contribution in [2.24, 2.45) is 0 Å². The Morgan fingerprint density at radius 1 is 1.30 bits per heavy atom. The van der Waals surface area contributed by atoms with Crippen LogP contribution in [0.15, 0.2) is 22.7 Å². The summed E-state index contributed by atoms with van der Waals surface area (Å²) in [6, 6.07) is 6.21. The Hall–Kier alpha value is -0.690. The zero-order chi connectivity index (χ0) is 14.7. The van der Waals surface area contributed by atoms with Gasteiger partial charge in [0, 0.05) is 17.1 Å². The van der Waals surface area contributed by atoms with Crippen molar-refractivity contribution < 1.29 is 0 Å². The van der Waals surface area contributed by atoms with Crippen LogP contribution in [0.5, 0.6) is 0 Å². The SMILES string of the molecule is CCCc1nc(-c2ccc(Br)c(C)c2)nc(NC)c1I. The van der Waals surface area contributed by atoms with Crippen LogP contribution in [-0.4, -0.2) is 17.0 Å². The molecule has 0 unspecified atom stereocenters. The van der Waals surface area contributed by atoms with Gasteiger partial charge >= 0.3 is 0 Å². The van der Waals surface area contributed by atoms with E-state index in [1.54, 1.807) is 0 Å². The fraction of sp³-hybridized carbons (Fsp3) is 0.333. The lowest BCUT2D eigenvalue weighted by molar-refractivity contribution is 0.868. The summed E-state index contributed by atoms with van der Waals surface area (Å²) >= 11 is 5.84. The second-order valence-corrected chi connectivity index (χ2v) is 6.55. The molecule has 0 aliphatic rings. The van der Waals surface area contributed by atoms with Gasteiger partial charge in [0.2, 0.25) is 0 Å². The molecule has 0 saturated carbocycles. The fourth-order valence-corrected chi connectivity index (χ4v) is 3.00. The largest absolute Gasteiger partial charge is 0.372 e. The molecule has 0 atom stereocenters. The number of nitrogens with one attached hydrogen (secondary N) is 1. The number of nitrogens with zero attached hydrogens (tertiary/aromatic N) is 2. The molecule has 0 aliphatic carbocycles. The van der Waals surface area contributed by atoms with Crippen LogP contribution in [0.1, 0.15) is 24.6 Å². The summed E-state index contributed by atoms with van der Waals surface area (Å²) in [5.74, 6) is 1.69. The number of hydrogen-bond donors (Lipinski definition) is 1. The molecule has 5 heteroatoms. The monoisotopic (exact) mass is 445 g/mol. The van der Waals surface area contributed by atoms with E-state index in [9.17, 15) is 0 Å². The van der Waals surface area contributed by atoms with Gasteiger partial charge in [0.15, 0.2) is 5.82 Å². The Balaban J connectivity index is 2.55. The van der Waals surface area contributed by atoms with E-state index in [4.69, 9.17) is 4.98 Å². The average molecular weight is 446 g/mol. The summed E-state index contributed by atoms with van der Waals surface area (Å²) in [5.41, 5.74) is 3.35. The van der Waals surface area contributed by atoms with Crippen molar-refractivity contribution in [2.75, 3.05) is 12.4 Å². The maximum atomic E-state index is 4.74. The van der Waals surface area contributed by atoms with Gasteiger partial charge in [-0.1, -0.05) is 35.3 Å². The number of halogens is 2. The van der Waals surface area contributed by atoms with Crippen molar-refractivity contribution in [3.05, 3.63) is 37.5 Å². The molecule has 0 saturated heterocycles. The zero-order valence-electron chi connectivity index (χ0n) is 11.8. The van der Waals surface area contributed by atoms with Crippen LogP contribution in [0, 0.1) is 10.5 Å². The molecule has 2 aromatic rings. The van der Waals surface area contributed by atoms with Crippen LogP contribution in [-0.2, 0) is 6.42 Å². The van der Waals surface area contributed by atoms with Gasteiger partial charge in [0.05, 0.1) is 9.26 Å².